The monoisotopic (exact) mass is 572 g/mol. The average molecular weight is 572 g/mol. The Morgan fingerprint density at radius 2 is 1.66 bits per heavy atom. The maximum Gasteiger partial charge on any atom is 0.416 e. The van der Waals surface area contributed by atoms with E-state index in [-0.39, 0.29) is 41.1 Å². The van der Waals surface area contributed by atoms with Gasteiger partial charge in [0, 0.05) is 64.2 Å². The van der Waals surface area contributed by atoms with Crippen molar-refractivity contribution in [3.63, 3.8) is 0 Å². The highest BCUT2D eigenvalue weighted by molar-refractivity contribution is 6.32. The Morgan fingerprint density at radius 3 is 2.24 bits per heavy atom. The molecular formula is C30H37BF4N4O2. The average Bonchev–Trinajstić information content (AvgIpc) is 2.90. The summed E-state index contributed by atoms with van der Waals surface area (Å²) in [6, 6.07) is 9.47. The van der Waals surface area contributed by atoms with Crippen LogP contribution in [0.25, 0.3) is 0 Å². The Balaban J connectivity index is 1.35. The van der Waals surface area contributed by atoms with E-state index in [1.165, 1.54) is 23.1 Å². The van der Waals surface area contributed by atoms with E-state index in [4.69, 9.17) is 7.85 Å². The minimum atomic E-state index is -4.62. The van der Waals surface area contributed by atoms with Gasteiger partial charge in [0.05, 0.1) is 5.56 Å². The molecule has 0 unspecified atom stereocenters. The summed E-state index contributed by atoms with van der Waals surface area (Å²) in [4.78, 5) is 33.3. The molecule has 0 aromatic heterocycles. The van der Waals surface area contributed by atoms with Crippen LogP contribution in [0.1, 0.15) is 46.7 Å². The summed E-state index contributed by atoms with van der Waals surface area (Å²) in [5.74, 6) is -0.764. The van der Waals surface area contributed by atoms with Gasteiger partial charge < -0.3 is 14.7 Å². The molecular weight excluding hydrogens is 535 g/mol. The fourth-order valence-corrected chi connectivity index (χ4v) is 5.84. The van der Waals surface area contributed by atoms with Crippen LogP contribution in [-0.2, 0) is 11.0 Å². The van der Waals surface area contributed by atoms with E-state index >= 15 is 0 Å². The second-order valence-electron chi connectivity index (χ2n) is 11.5. The molecule has 2 aliphatic heterocycles. The number of likely N-dealkylation sites (N-methyl/N-ethyl adjacent to an activating group) is 1. The van der Waals surface area contributed by atoms with Crippen LogP contribution >= 0.6 is 0 Å². The van der Waals surface area contributed by atoms with E-state index in [0.717, 1.165) is 63.3 Å². The molecule has 2 radical (unpaired) electrons. The molecule has 2 amide bonds. The van der Waals surface area contributed by atoms with Crippen LogP contribution in [-0.4, -0.2) is 106 Å². The molecule has 41 heavy (non-hydrogen) atoms. The normalized spacial score (nSPS) is 18.1. The zero-order valence-electron chi connectivity index (χ0n) is 23.8. The number of halogens is 4. The van der Waals surface area contributed by atoms with E-state index in [2.05, 4.69) is 9.80 Å². The number of hydrogen-bond donors (Lipinski definition) is 0. The zero-order chi connectivity index (χ0) is 29.9. The van der Waals surface area contributed by atoms with Crippen molar-refractivity contribution in [2.75, 3.05) is 60.4 Å². The van der Waals surface area contributed by atoms with Crippen molar-refractivity contribution in [3.8, 4) is 0 Å². The maximum absolute atomic E-state index is 13.6. The van der Waals surface area contributed by atoms with Crippen molar-refractivity contribution in [2.45, 2.75) is 37.4 Å². The number of hydrogen-bond acceptors (Lipinski definition) is 4. The van der Waals surface area contributed by atoms with Crippen LogP contribution in [0.4, 0.5) is 17.6 Å². The maximum atomic E-state index is 13.6. The second kappa shape index (κ2) is 12.9. The number of carbonyl (C=O) groups is 2. The van der Waals surface area contributed by atoms with Gasteiger partial charge in [0.25, 0.3) is 5.91 Å². The predicted octanol–water partition coefficient (Wildman–Crippen LogP) is 3.37. The first-order valence-corrected chi connectivity index (χ1v) is 14.0. The third kappa shape index (κ3) is 7.89. The van der Waals surface area contributed by atoms with E-state index in [1.807, 2.05) is 0 Å². The van der Waals surface area contributed by atoms with Gasteiger partial charge in [-0.15, -0.1) is 0 Å². The third-order valence-electron chi connectivity index (χ3n) is 8.28. The first kappa shape index (κ1) is 31.0. The number of rotatable bonds is 9. The lowest BCUT2D eigenvalue weighted by Crippen LogP contribution is -2.61. The van der Waals surface area contributed by atoms with Gasteiger partial charge in [-0.05, 0) is 62.7 Å². The lowest BCUT2D eigenvalue weighted by Gasteiger charge is -2.48. The van der Waals surface area contributed by atoms with Crippen LogP contribution in [0.5, 0.6) is 0 Å². The van der Waals surface area contributed by atoms with Gasteiger partial charge in [-0.3, -0.25) is 14.5 Å². The Bertz CT molecular complexity index is 1210. The minimum Gasteiger partial charge on any atom is -0.349 e. The van der Waals surface area contributed by atoms with Crippen LogP contribution in [0.3, 0.4) is 0 Å². The fourth-order valence-electron chi connectivity index (χ4n) is 5.84. The van der Waals surface area contributed by atoms with Crippen LogP contribution in [0, 0.1) is 11.7 Å². The third-order valence-corrected chi connectivity index (χ3v) is 8.28. The van der Waals surface area contributed by atoms with E-state index in [0.29, 0.717) is 12.5 Å². The Morgan fingerprint density at radius 1 is 1.02 bits per heavy atom. The number of amides is 2. The van der Waals surface area contributed by atoms with E-state index < -0.39 is 17.6 Å². The molecule has 2 aromatic carbocycles. The highest BCUT2D eigenvalue weighted by atomic mass is 19.4. The molecule has 2 aliphatic rings. The molecule has 2 fully saturated rings. The Hall–Kier alpha value is -2.92. The molecule has 0 saturated carbocycles. The van der Waals surface area contributed by atoms with Gasteiger partial charge in [-0.1, -0.05) is 29.7 Å². The fraction of sp³-hybridized carbons (Fsp3) is 0.533. The van der Waals surface area contributed by atoms with Crippen LogP contribution in [0.15, 0.2) is 42.5 Å². The second-order valence-corrected chi connectivity index (χ2v) is 11.5. The molecule has 2 aromatic rings. The van der Waals surface area contributed by atoms with Gasteiger partial charge >= 0.3 is 6.18 Å². The lowest BCUT2D eigenvalue weighted by molar-refractivity contribution is -0.137. The topological polar surface area (TPSA) is 47.1 Å². The van der Waals surface area contributed by atoms with Gasteiger partial charge in [-0.2, -0.15) is 13.2 Å². The summed E-state index contributed by atoms with van der Waals surface area (Å²) >= 11 is 0. The summed E-state index contributed by atoms with van der Waals surface area (Å²) in [6.45, 7) is 4.68. The van der Waals surface area contributed by atoms with Crippen molar-refractivity contribution >= 4 is 25.1 Å². The molecule has 2 saturated heterocycles. The molecule has 0 bridgehead atoms. The molecule has 6 nitrogen and oxygen atoms in total. The lowest BCUT2D eigenvalue weighted by atomic mass is 9.90. The first-order valence-electron chi connectivity index (χ1n) is 14.0. The number of piperidine rings is 1. The van der Waals surface area contributed by atoms with Gasteiger partial charge in [0.15, 0.2) is 0 Å². The van der Waals surface area contributed by atoms with Crippen molar-refractivity contribution < 1.29 is 27.2 Å². The largest absolute Gasteiger partial charge is 0.416 e. The molecule has 0 N–H and O–H groups in total. The summed E-state index contributed by atoms with van der Waals surface area (Å²) in [5.41, 5.74) is -0.364. The summed E-state index contributed by atoms with van der Waals surface area (Å²) < 4.78 is 53.5. The SMILES string of the molecule is [B]c1cc(C(=O)N(C)C[C@@H](CCN2CC(N3CCC(C(=O)N(C)C)CC3)C2)c2ccc(F)cc2)cc(C(F)(F)F)c1. The smallest absolute Gasteiger partial charge is 0.349 e. The summed E-state index contributed by atoms with van der Waals surface area (Å²) in [5, 5.41) is 0. The molecule has 11 heteroatoms. The van der Waals surface area contributed by atoms with Gasteiger partial charge in [-0.25, -0.2) is 4.39 Å². The number of likely N-dealkylation sites (tertiary alicyclic amines) is 2. The van der Waals surface area contributed by atoms with Crippen LogP contribution < -0.4 is 5.46 Å². The highest BCUT2D eigenvalue weighted by Crippen LogP contribution is 2.30. The molecule has 4 rings (SSSR count). The van der Waals surface area contributed by atoms with Gasteiger partial charge in [0.2, 0.25) is 5.91 Å². The number of nitrogens with zero attached hydrogens (tertiary/aromatic N) is 4. The molecule has 1 atom stereocenters. The van der Waals surface area contributed by atoms with Crippen molar-refractivity contribution in [1.82, 2.24) is 19.6 Å². The van der Waals surface area contributed by atoms with Crippen molar-refractivity contribution in [2.24, 2.45) is 5.92 Å². The van der Waals surface area contributed by atoms with Gasteiger partial charge in [0.1, 0.15) is 13.7 Å². The first-order chi connectivity index (χ1) is 19.3. The predicted molar refractivity (Wildman–Crippen MR) is 151 cm³/mol. The number of alkyl halides is 3. The standard InChI is InChI=1S/C30H37BF4N4O2/c1-36(2)28(40)21-9-12-39(13-10-21)27-18-38(19-27)11-8-22(20-4-6-26(32)7-5-20)17-37(3)29(41)23-14-24(30(33,34)35)16-25(31)15-23/h4-7,14-16,21-22,27H,8-13,17-19H2,1-3H3/t22-/m1/s1. The van der Waals surface area contributed by atoms with Crippen molar-refractivity contribution in [1.29, 1.82) is 0 Å². The highest BCUT2D eigenvalue weighted by Gasteiger charge is 2.36. The summed E-state index contributed by atoms with van der Waals surface area (Å²) in [7, 11) is 10.8. The molecule has 220 valence electrons. The number of carbonyl (C=O) groups excluding carboxylic acids is 2. The van der Waals surface area contributed by atoms with Crippen molar-refractivity contribution in [3.05, 3.63) is 65.0 Å². The zero-order valence-corrected chi connectivity index (χ0v) is 23.8. The summed E-state index contributed by atoms with van der Waals surface area (Å²) in [6.07, 6.45) is -2.18. The van der Waals surface area contributed by atoms with E-state index in [9.17, 15) is 27.2 Å². The van der Waals surface area contributed by atoms with Crippen LogP contribution in [0.2, 0.25) is 0 Å². The Labute approximate surface area is 240 Å². The molecule has 0 aliphatic carbocycles. The molecule has 0 spiro atoms. The Kier molecular flexibility index (Phi) is 9.79. The number of benzene rings is 2. The minimum absolute atomic E-state index is 0.0981. The molecule has 2 heterocycles. The van der Waals surface area contributed by atoms with E-state index in [1.54, 1.807) is 38.2 Å². The quantitative estimate of drug-likeness (QED) is 0.342.